The van der Waals surface area contributed by atoms with Crippen molar-refractivity contribution in [1.29, 1.82) is 0 Å². The SMILES string of the molecule is [C-]#[N+]c1ccc(-n2c(O)c3n(c2=O)C2CC3N(C(=O)COC)C2)cc1C(F)(F)F. The highest BCUT2D eigenvalue weighted by Gasteiger charge is 2.49. The van der Waals surface area contributed by atoms with E-state index in [0.29, 0.717) is 12.5 Å². The molecule has 29 heavy (non-hydrogen) atoms. The molecule has 1 aromatic heterocycles. The Hall–Kier alpha value is -3.26. The molecular formula is C18H15F3N4O4. The Labute approximate surface area is 162 Å². The molecular weight excluding hydrogens is 393 g/mol. The van der Waals surface area contributed by atoms with Gasteiger partial charge in [0.05, 0.1) is 29.9 Å². The first-order chi connectivity index (χ1) is 13.7. The molecule has 0 saturated carbocycles. The molecule has 1 amide bonds. The minimum absolute atomic E-state index is 0.151. The third kappa shape index (κ3) is 2.71. The summed E-state index contributed by atoms with van der Waals surface area (Å²) in [6.45, 7) is 7.02. The minimum Gasteiger partial charge on any atom is -0.493 e. The third-order valence-corrected chi connectivity index (χ3v) is 5.31. The van der Waals surface area contributed by atoms with Gasteiger partial charge in [-0.25, -0.2) is 14.2 Å². The summed E-state index contributed by atoms with van der Waals surface area (Å²) in [5, 5.41) is 10.7. The molecule has 2 aliphatic heterocycles. The summed E-state index contributed by atoms with van der Waals surface area (Å²) in [5.74, 6) is -0.812. The van der Waals surface area contributed by atoms with Gasteiger partial charge in [-0.2, -0.15) is 13.2 Å². The number of carbonyl (C=O) groups is 1. The van der Waals surface area contributed by atoms with Crippen LogP contribution in [0.25, 0.3) is 10.5 Å². The molecule has 3 heterocycles. The number of amides is 1. The third-order valence-electron chi connectivity index (χ3n) is 5.31. The van der Waals surface area contributed by atoms with Crippen molar-refractivity contribution in [2.45, 2.75) is 24.7 Å². The second kappa shape index (κ2) is 6.38. The fourth-order valence-electron chi connectivity index (χ4n) is 4.15. The number of hydrogen-bond acceptors (Lipinski definition) is 4. The van der Waals surface area contributed by atoms with Gasteiger partial charge < -0.3 is 14.7 Å². The Morgan fingerprint density at radius 3 is 2.76 bits per heavy atom. The zero-order valence-electron chi connectivity index (χ0n) is 15.1. The zero-order valence-corrected chi connectivity index (χ0v) is 15.1. The molecule has 152 valence electrons. The van der Waals surface area contributed by atoms with E-state index < -0.39 is 35.0 Å². The number of fused-ring (bicyclic) bond motifs is 5. The summed E-state index contributed by atoms with van der Waals surface area (Å²) in [6, 6.07) is 1.87. The summed E-state index contributed by atoms with van der Waals surface area (Å²) < 4.78 is 46.8. The van der Waals surface area contributed by atoms with Gasteiger partial charge in [-0.3, -0.25) is 9.36 Å². The Morgan fingerprint density at radius 2 is 2.14 bits per heavy atom. The van der Waals surface area contributed by atoms with Crippen LogP contribution in [-0.4, -0.2) is 45.3 Å². The maximum absolute atomic E-state index is 13.3. The number of nitrogens with zero attached hydrogens (tertiary/aromatic N) is 4. The van der Waals surface area contributed by atoms with Crippen LogP contribution in [0, 0.1) is 6.57 Å². The van der Waals surface area contributed by atoms with E-state index in [2.05, 4.69) is 4.85 Å². The van der Waals surface area contributed by atoms with Gasteiger partial charge in [0.1, 0.15) is 12.3 Å². The number of methoxy groups -OCH3 is 1. The molecule has 2 bridgehead atoms. The van der Waals surface area contributed by atoms with Crippen LogP contribution in [0.15, 0.2) is 23.0 Å². The van der Waals surface area contributed by atoms with E-state index in [1.165, 1.54) is 22.6 Å². The Bertz CT molecular complexity index is 1110. The fraction of sp³-hybridized carbons (Fsp3) is 0.389. The van der Waals surface area contributed by atoms with E-state index in [-0.39, 0.29) is 36.5 Å². The van der Waals surface area contributed by atoms with Crippen molar-refractivity contribution in [3.8, 4) is 11.6 Å². The Balaban J connectivity index is 1.83. The predicted molar refractivity (Wildman–Crippen MR) is 92.9 cm³/mol. The molecule has 4 rings (SSSR count). The lowest BCUT2D eigenvalue weighted by Crippen LogP contribution is -2.39. The molecule has 1 N–H and O–H groups in total. The molecule has 11 heteroatoms. The molecule has 1 saturated heterocycles. The molecule has 0 radical (unpaired) electrons. The van der Waals surface area contributed by atoms with Crippen molar-refractivity contribution in [3.05, 3.63) is 51.4 Å². The van der Waals surface area contributed by atoms with Gasteiger partial charge in [-0.15, -0.1) is 0 Å². The molecule has 1 aromatic carbocycles. The first-order valence-corrected chi connectivity index (χ1v) is 8.62. The van der Waals surface area contributed by atoms with Crippen molar-refractivity contribution in [1.82, 2.24) is 14.0 Å². The van der Waals surface area contributed by atoms with Crippen LogP contribution < -0.4 is 5.69 Å². The number of likely N-dealkylation sites (tertiary alicyclic amines) is 1. The molecule has 2 aromatic rings. The number of ether oxygens (including phenoxy) is 1. The van der Waals surface area contributed by atoms with E-state index in [9.17, 15) is 27.9 Å². The van der Waals surface area contributed by atoms with Crippen LogP contribution in [-0.2, 0) is 15.7 Å². The molecule has 0 aliphatic carbocycles. The molecule has 2 aliphatic rings. The number of aromatic hydroxyl groups is 1. The number of imidazole rings is 1. The first-order valence-electron chi connectivity index (χ1n) is 8.62. The monoisotopic (exact) mass is 408 g/mol. The standard InChI is InChI=1S/C18H15F3N4O4/c1-22-12-4-3-9(5-11(12)18(19,20)21)25-16(27)15-13-6-10(24(15)17(25)28)7-23(13)14(26)8-29-2/h3-5,10,13,27H,6-8H2,2H3. The fourth-order valence-corrected chi connectivity index (χ4v) is 4.15. The van der Waals surface area contributed by atoms with Crippen LogP contribution in [0.3, 0.4) is 0 Å². The van der Waals surface area contributed by atoms with Crippen LogP contribution in [0.2, 0.25) is 0 Å². The maximum atomic E-state index is 13.3. The van der Waals surface area contributed by atoms with Gasteiger partial charge in [0, 0.05) is 13.7 Å². The normalized spacial score (nSPS) is 20.0. The minimum atomic E-state index is -4.79. The molecule has 0 spiro atoms. The van der Waals surface area contributed by atoms with Crippen molar-refractivity contribution < 1.29 is 27.8 Å². The van der Waals surface area contributed by atoms with Gasteiger partial charge >= 0.3 is 11.9 Å². The number of halogens is 3. The average Bonchev–Trinajstić information content (AvgIpc) is 3.32. The molecule has 8 nitrogen and oxygen atoms in total. The lowest BCUT2D eigenvalue weighted by molar-refractivity contribution is -0.137. The largest absolute Gasteiger partial charge is 0.493 e. The van der Waals surface area contributed by atoms with Crippen molar-refractivity contribution in [2.75, 3.05) is 20.3 Å². The Morgan fingerprint density at radius 1 is 1.41 bits per heavy atom. The van der Waals surface area contributed by atoms with E-state index in [4.69, 9.17) is 11.3 Å². The first kappa shape index (κ1) is 19.1. The second-order valence-corrected chi connectivity index (χ2v) is 6.89. The summed E-state index contributed by atoms with van der Waals surface area (Å²) in [7, 11) is 1.38. The quantitative estimate of drug-likeness (QED) is 0.791. The Kier molecular flexibility index (Phi) is 4.20. The summed E-state index contributed by atoms with van der Waals surface area (Å²) in [4.78, 5) is 29.5. The predicted octanol–water partition coefficient (Wildman–Crippen LogP) is 2.39. The number of aromatic nitrogens is 2. The van der Waals surface area contributed by atoms with Crippen molar-refractivity contribution in [3.63, 3.8) is 0 Å². The van der Waals surface area contributed by atoms with E-state index in [1.54, 1.807) is 0 Å². The molecule has 2 atom stereocenters. The number of benzene rings is 1. The highest BCUT2D eigenvalue weighted by Crippen LogP contribution is 2.48. The molecule has 2 unspecified atom stereocenters. The highest BCUT2D eigenvalue weighted by atomic mass is 19.4. The maximum Gasteiger partial charge on any atom is 0.407 e. The number of alkyl halides is 3. The van der Waals surface area contributed by atoms with Crippen LogP contribution in [0.1, 0.15) is 29.8 Å². The lowest BCUT2D eigenvalue weighted by atomic mass is 10.1. The average molecular weight is 408 g/mol. The van der Waals surface area contributed by atoms with Gasteiger partial charge in [-0.1, -0.05) is 6.07 Å². The van der Waals surface area contributed by atoms with Gasteiger partial charge in [0.15, 0.2) is 5.69 Å². The smallest absolute Gasteiger partial charge is 0.407 e. The summed E-state index contributed by atoms with van der Waals surface area (Å²) in [6.07, 6.45) is -4.35. The van der Waals surface area contributed by atoms with Gasteiger partial charge in [0.25, 0.3) is 0 Å². The summed E-state index contributed by atoms with van der Waals surface area (Å²) >= 11 is 0. The number of rotatable bonds is 3. The topological polar surface area (TPSA) is 81.1 Å². The number of carbonyl (C=O) groups excluding carboxylic acids is 1. The number of hydrogen-bond donors (Lipinski definition) is 1. The van der Waals surface area contributed by atoms with Crippen molar-refractivity contribution in [2.24, 2.45) is 0 Å². The van der Waals surface area contributed by atoms with Crippen molar-refractivity contribution >= 4 is 11.6 Å². The van der Waals surface area contributed by atoms with E-state index >= 15 is 0 Å². The van der Waals surface area contributed by atoms with E-state index in [0.717, 1.165) is 10.6 Å². The highest BCUT2D eigenvalue weighted by molar-refractivity contribution is 5.78. The van der Waals surface area contributed by atoms with Crippen LogP contribution in [0.4, 0.5) is 18.9 Å². The van der Waals surface area contributed by atoms with Gasteiger partial charge in [-0.05, 0) is 18.6 Å². The molecule has 1 fully saturated rings. The van der Waals surface area contributed by atoms with Crippen LogP contribution >= 0.6 is 0 Å². The second-order valence-electron chi connectivity index (χ2n) is 6.89. The van der Waals surface area contributed by atoms with Crippen LogP contribution in [0.5, 0.6) is 5.88 Å². The zero-order chi connectivity index (χ0) is 21.1. The van der Waals surface area contributed by atoms with Gasteiger partial charge in [0.2, 0.25) is 11.8 Å². The van der Waals surface area contributed by atoms with E-state index in [1.807, 2.05) is 0 Å². The summed E-state index contributed by atoms with van der Waals surface area (Å²) in [5.41, 5.74) is -2.49. The lowest BCUT2D eigenvalue weighted by Gasteiger charge is -2.27.